The van der Waals surface area contributed by atoms with Crippen LogP contribution in [-0.2, 0) is 9.59 Å². The van der Waals surface area contributed by atoms with E-state index in [1.165, 1.54) is 0 Å². The smallest absolute Gasteiger partial charge is 0.239 e. The molecule has 0 aromatic heterocycles. The minimum atomic E-state index is -0.143. The molecule has 5 heteroatoms. The van der Waals surface area contributed by atoms with Gasteiger partial charge in [0.05, 0.1) is 6.04 Å². The zero-order valence-electron chi connectivity index (χ0n) is 11.0. The largest absolute Gasteiger partial charge is 0.356 e. The average Bonchev–Trinajstić information content (AvgIpc) is 2.37. The highest BCUT2D eigenvalue weighted by Gasteiger charge is 2.28. The van der Waals surface area contributed by atoms with Gasteiger partial charge in [0, 0.05) is 25.6 Å². The molecule has 2 N–H and O–H groups in total. The molecule has 2 amide bonds. The van der Waals surface area contributed by atoms with Gasteiger partial charge in [0.25, 0.3) is 0 Å². The molecular weight excluding hydrogens is 218 g/mol. The maximum absolute atomic E-state index is 11.9. The van der Waals surface area contributed by atoms with Gasteiger partial charge in [-0.05, 0) is 33.7 Å². The molecule has 17 heavy (non-hydrogen) atoms. The van der Waals surface area contributed by atoms with Gasteiger partial charge in [0.15, 0.2) is 0 Å². The lowest BCUT2D eigenvalue weighted by Gasteiger charge is -2.32. The Labute approximate surface area is 103 Å². The van der Waals surface area contributed by atoms with E-state index in [1.54, 1.807) is 7.05 Å². The van der Waals surface area contributed by atoms with Crippen molar-refractivity contribution < 1.29 is 9.59 Å². The zero-order valence-corrected chi connectivity index (χ0v) is 11.0. The number of amides is 2. The molecule has 1 heterocycles. The summed E-state index contributed by atoms with van der Waals surface area (Å²) in [7, 11) is 1.78. The molecule has 0 aromatic carbocycles. The molecule has 0 aliphatic carbocycles. The SMILES string of the molecule is CCNC(=O)C1CCN(C(=O)C(C)NC)CC1. The monoisotopic (exact) mass is 241 g/mol. The summed E-state index contributed by atoms with van der Waals surface area (Å²) in [6.07, 6.45) is 1.54. The molecule has 1 aliphatic heterocycles. The van der Waals surface area contributed by atoms with Crippen molar-refractivity contribution >= 4 is 11.8 Å². The van der Waals surface area contributed by atoms with Crippen molar-refractivity contribution in [1.29, 1.82) is 0 Å². The second-order valence-corrected chi connectivity index (χ2v) is 4.50. The number of nitrogens with one attached hydrogen (secondary N) is 2. The molecule has 1 unspecified atom stereocenters. The van der Waals surface area contributed by atoms with E-state index in [0.29, 0.717) is 19.6 Å². The Bertz CT molecular complexity index is 273. The summed E-state index contributed by atoms with van der Waals surface area (Å²) in [5, 5.41) is 5.78. The van der Waals surface area contributed by atoms with Crippen LogP contribution in [0.4, 0.5) is 0 Å². The fraction of sp³-hybridized carbons (Fsp3) is 0.833. The molecule has 1 atom stereocenters. The number of likely N-dealkylation sites (N-methyl/N-ethyl adjacent to an activating group) is 1. The van der Waals surface area contributed by atoms with Crippen LogP contribution in [0.25, 0.3) is 0 Å². The van der Waals surface area contributed by atoms with E-state index in [9.17, 15) is 9.59 Å². The fourth-order valence-electron chi connectivity index (χ4n) is 2.08. The van der Waals surface area contributed by atoms with Crippen LogP contribution in [0.1, 0.15) is 26.7 Å². The molecular formula is C12H23N3O2. The molecule has 0 saturated carbocycles. The minimum Gasteiger partial charge on any atom is -0.356 e. The number of carbonyl (C=O) groups excluding carboxylic acids is 2. The highest BCUT2D eigenvalue weighted by atomic mass is 16.2. The topological polar surface area (TPSA) is 61.4 Å². The van der Waals surface area contributed by atoms with E-state index < -0.39 is 0 Å². The lowest BCUT2D eigenvalue weighted by molar-refractivity contribution is -0.136. The quantitative estimate of drug-likeness (QED) is 0.726. The Balaban J connectivity index is 2.40. The number of hydrogen-bond donors (Lipinski definition) is 2. The summed E-state index contributed by atoms with van der Waals surface area (Å²) in [5.74, 6) is 0.326. The molecule has 98 valence electrons. The highest BCUT2D eigenvalue weighted by Crippen LogP contribution is 2.17. The van der Waals surface area contributed by atoms with Crippen LogP contribution in [0.5, 0.6) is 0 Å². The van der Waals surface area contributed by atoms with Crippen LogP contribution in [-0.4, -0.2) is 49.4 Å². The van der Waals surface area contributed by atoms with E-state index in [2.05, 4.69) is 10.6 Å². The molecule has 1 aliphatic rings. The maximum atomic E-state index is 11.9. The van der Waals surface area contributed by atoms with Crippen LogP contribution in [0.15, 0.2) is 0 Å². The summed E-state index contributed by atoms with van der Waals surface area (Å²) in [6.45, 7) is 5.83. The molecule has 1 saturated heterocycles. The van der Waals surface area contributed by atoms with E-state index in [1.807, 2.05) is 18.7 Å². The average molecular weight is 241 g/mol. The van der Waals surface area contributed by atoms with Crippen molar-refractivity contribution in [3.63, 3.8) is 0 Å². The lowest BCUT2D eigenvalue weighted by Crippen LogP contribution is -2.48. The molecule has 0 aromatic rings. The van der Waals surface area contributed by atoms with Crippen molar-refractivity contribution in [2.75, 3.05) is 26.7 Å². The first kappa shape index (κ1) is 14.0. The second kappa shape index (κ2) is 6.59. The number of nitrogens with zero attached hydrogens (tertiary/aromatic N) is 1. The Morgan fingerprint density at radius 2 is 1.94 bits per heavy atom. The molecule has 0 radical (unpaired) electrons. The standard InChI is InChI=1S/C12H23N3O2/c1-4-14-11(16)10-5-7-15(8-6-10)12(17)9(2)13-3/h9-10,13H,4-8H2,1-3H3,(H,14,16). The van der Waals surface area contributed by atoms with Gasteiger partial charge in [-0.1, -0.05) is 0 Å². The van der Waals surface area contributed by atoms with Gasteiger partial charge in [0.2, 0.25) is 11.8 Å². The van der Waals surface area contributed by atoms with Gasteiger partial charge in [-0.3, -0.25) is 9.59 Å². The highest BCUT2D eigenvalue weighted by molar-refractivity contribution is 5.82. The summed E-state index contributed by atoms with van der Waals surface area (Å²) in [5.41, 5.74) is 0. The Kier molecular flexibility index (Phi) is 5.41. The molecule has 0 spiro atoms. The predicted octanol–water partition coefficient (Wildman–Crippen LogP) is -0.0310. The van der Waals surface area contributed by atoms with Crippen LogP contribution in [0, 0.1) is 5.92 Å². The summed E-state index contributed by atoms with van der Waals surface area (Å²) >= 11 is 0. The van der Waals surface area contributed by atoms with E-state index in [4.69, 9.17) is 0 Å². The van der Waals surface area contributed by atoms with Gasteiger partial charge in [-0.15, -0.1) is 0 Å². The first-order valence-electron chi connectivity index (χ1n) is 6.33. The number of carbonyl (C=O) groups is 2. The Morgan fingerprint density at radius 1 is 1.35 bits per heavy atom. The number of hydrogen-bond acceptors (Lipinski definition) is 3. The van der Waals surface area contributed by atoms with Crippen molar-refractivity contribution in [3.8, 4) is 0 Å². The molecule has 1 rings (SSSR count). The Hall–Kier alpha value is -1.10. The van der Waals surface area contributed by atoms with Gasteiger partial charge < -0.3 is 15.5 Å². The van der Waals surface area contributed by atoms with Gasteiger partial charge in [0.1, 0.15) is 0 Å². The van der Waals surface area contributed by atoms with E-state index in [0.717, 1.165) is 12.8 Å². The first-order valence-corrected chi connectivity index (χ1v) is 6.33. The summed E-state index contributed by atoms with van der Waals surface area (Å²) < 4.78 is 0. The fourth-order valence-corrected chi connectivity index (χ4v) is 2.08. The van der Waals surface area contributed by atoms with Gasteiger partial charge in [-0.2, -0.15) is 0 Å². The van der Waals surface area contributed by atoms with Crippen LogP contribution in [0.2, 0.25) is 0 Å². The minimum absolute atomic E-state index is 0.0730. The normalized spacial score (nSPS) is 18.9. The van der Waals surface area contributed by atoms with Crippen molar-refractivity contribution in [2.45, 2.75) is 32.7 Å². The lowest BCUT2D eigenvalue weighted by atomic mass is 9.95. The third kappa shape index (κ3) is 3.70. The molecule has 0 bridgehead atoms. The predicted molar refractivity (Wildman–Crippen MR) is 66.5 cm³/mol. The number of piperidine rings is 1. The van der Waals surface area contributed by atoms with Crippen molar-refractivity contribution in [1.82, 2.24) is 15.5 Å². The van der Waals surface area contributed by atoms with Gasteiger partial charge >= 0.3 is 0 Å². The zero-order chi connectivity index (χ0) is 12.8. The van der Waals surface area contributed by atoms with Gasteiger partial charge in [-0.25, -0.2) is 0 Å². The van der Waals surface area contributed by atoms with Crippen molar-refractivity contribution in [3.05, 3.63) is 0 Å². The number of likely N-dealkylation sites (tertiary alicyclic amines) is 1. The van der Waals surface area contributed by atoms with E-state index >= 15 is 0 Å². The third-order valence-corrected chi connectivity index (χ3v) is 3.33. The number of rotatable bonds is 4. The van der Waals surface area contributed by atoms with Crippen LogP contribution in [0.3, 0.4) is 0 Å². The molecule has 1 fully saturated rings. The summed E-state index contributed by atoms with van der Waals surface area (Å²) in [6, 6.07) is -0.143. The first-order chi connectivity index (χ1) is 8.10. The van der Waals surface area contributed by atoms with Crippen LogP contribution < -0.4 is 10.6 Å². The Morgan fingerprint density at radius 3 is 2.41 bits per heavy atom. The van der Waals surface area contributed by atoms with E-state index in [-0.39, 0.29) is 23.8 Å². The molecule has 5 nitrogen and oxygen atoms in total. The van der Waals surface area contributed by atoms with Crippen LogP contribution >= 0.6 is 0 Å². The summed E-state index contributed by atoms with van der Waals surface area (Å²) in [4.78, 5) is 25.4. The second-order valence-electron chi connectivity index (χ2n) is 4.50. The third-order valence-electron chi connectivity index (χ3n) is 3.33. The maximum Gasteiger partial charge on any atom is 0.239 e. The van der Waals surface area contributed by atoms with Crippen molar-refractivity contribution in [2.24, 2.45) is 5.92 Å².